The highest BCUT2D eigenvalue weighted by molar-refractivity contribution is 6.24. The van der Waals surface area contributed by atoms with Gasteiger partial charge in [-0.2, -0.15) is 0 Å². The second-order valence-corrected chi connectivity index (χ2v) is 6.08. The SMILES string of the molecule is CCOC(=O)/C(=C(\CC)c1ccc(OCOC)cc1)c1ccc(OCOC)cc1. The molecule has 6 heteroatoms. The van der Waals surface area contributed by atoms with E-state index in [9.17, 15) is 4.79 Å². The Morgan fingerprint density at radius 2 is 1.24 bits per heavy atom. The van der Waals surface area contributed by atoms with E-state index in [0.717, 1.165) is 16.7 Å². The predicted molar refractivity (Wildman–Crippen MR) is 112 cm³/mol. The van der Waals surface area contributed by atoms with Crippen LogP contribution in [0.4, 0.5) is 0 Å². The van der Waals surface area contributed by atoms with Gasteiger partial charge in [-0.1, -0.05) is 31.2 Å². The number of carbonyl (C=O) groups excluding carboxylic acids is 1. The van der Waals surface area contributed by atoms with E-state index in [1.807, 2.05) is 55.5 Å². The summed E-state index contributed by atoms with van der Waals surface area (Å²) in [5, 5.41) is 0. The fourth-order valence-corrected chi connectivity index (χ4v) is 2.87. The highest BCUT2D eigenvalue weighted by atomic mass is 16.7. The summed E-state index contributed by atoms with van der Waals surface area (Å²) in [6.45, 7) is 4.46. The van der Waals surface area contributed by atoms with Crippen molar-refractivity contribution < 1.29 is 28.5 Å². The number of esters is 1. The van der Waals surface area contributed by atoms with Crippen molar-refractivity contribution in [3.8, 4) is 11.5 Å². The van der Waals surface area contributed by atoms with Crippen LogP contribution in [0.3, 0.4) is 0 Å². The number of methoxy groups -OCH3 is 2. The molecule has 0 saturated heterocycles. The van der Waals surface area contributed by atoms with Crippen molar-refractivity contribution >= 4 is 17.1 Å². The third-order valence-electron chi connectivity index (χ3n) is 4.17. The Kier molecular flexibility index (Phi) is 9.21. The summed E-state index contributed by atoms with van der Waals surface area (Å²) in [5.74, 6) is 1.01. The molecule has 2 aromatic carbocycles. The van der Waals surface area contributed by atoms with Crippen molar-refractivity contribution in [3.05, 3.63) is 59.7 Å². The van der Waals surface area contributed by atoms with E-state index in [1.54, 1.807) is 21.1 Å². The molecule has 0 atom stereocenters. The molecule has 0 radical (unpaired) electrons. The van der Waals surface area contributed by atoms with Crippen LogP contribution in [0.25, 0.3) is 11.1 Å². The van der Waals surface area contributed by atoms with Crippen LogP contribution in [-0.2, 0) is 19.0 Å². The molecule has 0 N–H and O–H groups in total. The number of hydrogen-bond donors (Lipinski definition) is 0. The summed E-state index contributed by atoms with van der Waals surface area (Å²) < 4.78 is 26.1. The molecule has 0 spiro atoms. The Morgan fingerprint density at radius 3 is 1.66 bits per heavy atom. The molecule has 0 aromatic heterocycles. The molecule has 0 aliphatic heterocycles. The van der Waals surface area contributed by atoms with Gasteiger partial charge >= 0.3 is 5.97 Å². The van der Waals surface area contributed by atoms with Crippen molar-refractivity contribution in [1.82, 2.24) is 0 Å². The summed E-state index contributed by atoms with van der Waals surface area (Å²) in [6, 6.07) is 14.9. The minimum atomic E-state index is -0.352. The smallest absolute Gasteiger partial charge is 0.339 e. The van der Waals surface area contributed by atoms with Crippen LogP contribution in [0.1, 0.15) is 31.4 Å². The molecule has 0 amide bonds. The topological polar surface area (TPSA) is 63.2 Å². The molecule has 29 heavy (non-hydrogen) atoms. The first kappa shape index (κ1) is 22.5. The van der Waals surface area contributed by atoms with Crippen molar-refractivity contribution in [2.45, 2.75) is 20.3 Å². The Morgan fingerprint density at radius 1 is 0.759 bits per heavy atom. The zero-order valence-corrected chi connectivity index (χ0v) is 17.4. The molecule has 0 aliphatic carbocycles. The lowest BCUT2D eigenvalue weighted by Gasteiger charge is -2.15. The summed E-state index contributed by atoms with van der Waals surface area (Å²) in [6.07, 6.45) is 0.661. The van der Waals surface area contributed by atoms with Crippen molar-refractivity contribution in [2.75, 3.05) is 34.4 Å². The van der Waals surface area contributed by atoms with E-state index in [-0.39, 0.29) is 19.6 Å². The molecule has 0 unspecified atom stereocenters. The van der Waals surface area contributed by atoms with Crippen molar-refractivity contribution in [2.24, 2.45) is 0 Å². The number of hydrogen-bond acceptors (Lipinski definition) is 6. The first-order chi connectivity index (χ1) is 14.1. The van der Waals surface area contributed by atoms with Gasteiger partial charge in [0.1, 0.15) is 11.5 Å². The van der Waals surface area contributed by atoms with Crippen LogP contribution in [0, 0.1) is 0 Å². The van der Waals surface area contributed by atoms with Gasteiger partial charge in [0.15, 0.2) is 13.6 Å². The second-order valence-electron chi connectivity index (χ2n) is 6.08. The van der Waals surface area contributed by atoms with E-state index in [1.165, 1.54) is 0 Å². The maximum Gasteiger partial charge on any atom is 0.339 e. The van der Waals surface area contributed by atoms with Crippen LogP contribution in [0.15, 0.2) is 48.5 Å². The Bertz CT molecular complexity index is 793. The van der Waals surface area contributed by atoms with E-state index in [4.69, 9.17) is 23.7 Å². The van der Waals surface area contributed by atoms with Gasteiger partial charge in [-0.05, 0) is 54.3 Å². The lowest BCUT2D eigenvalue weighted by atomic mass is 9.92. The third-order valence-corrected chi connectivity index (χ3v) is 4.17. The minimum absolute atomic E-state index is 0.164. The fraction of sp³-hybridized carbons (Fsp3) is 0.348. The standard InChI is InChI=1S/C23H28O6/c1-5-21(17-7-11-19(12-8-17)28-15-25-3)22(23(24)27-6-2)18-9-13-20(14-10-18)29-16-26-4/h7-14H,5-6,15-16H2,1-4H3/b22-21+. The lowest BCUT2D eigenvalue weighted by Crippen LogP contribution is -2.09. The maximum atomic E-state index is 12.8. The maximum absolute atomic E-state index is 12.8. The average Bonchev–Trinajstić information content (AvgIpc) is 2.75. The fourth-order valence-electron chi connectivity index (χ4n) is 2.87. The largest absolute Gasteiger partial charge is 0.468 e. The number of benzene rings is 2. The van der Waals surface area contributed by atoms with Gasteiger partial charge in [0.05, 0.1) is 12.2 Å². The Hall–Kier alpha value is -2.83. The molecule has 156 valence electrons. The van der Waals surface area contributed by atoms with Gasteiger partial charge in [0.2, 0.25) is 0 Å². The highest BCUT2D eigenvalue weighted by Gasteiger charge is 2.19. The van der Waals surface area contributed by atoms with Gasteiger partial charge in [-0.3, -0.25) is 0 Å². The molecular weight excluding hydrogens is 372 g/mol. The van der Waals surface area contributed by atoms with Crippen LogP contribution in [0.5, 0.6) is 11.5 Å². The summed E-state index contributed by atoms with van der Waals surface area (Å²) in [7, 11) is 3.14. The van der Waals surface area contributed by atoms with Gasteiger partial charge in [0.25, 0.3) is 0 Å². The summed E-state index contributed by atoms with van der Waals surface area (Å²) in [5.41, 5.74) is 3.13. The van der Waals surface area contributed by atoms with Crippen LogP contribution in [-0.4, -0.2) is 40.4 Å². The number of allylic oxidation sites excluding steroid dienone is 1. The summed E-state index contributed by atoms with van der Waals surface area (Å²) >= 11 is 0. The van der Waals surface area contributed by atoms with Gasteiger partial charge in [0, 0.05) is 14.2 Å². The van der Waals surface area contributed by atoms with E-state index < -0.39 is 0 Å². The lowest BCUT2D eigenvalue weighted by molar-refractivity contribution is -0.136. The van der Waals surface area contributed by atoms with Gasteiger partial charge in [-0.25, -0.2) is 4.79 Å². The third kappa shape index (κ3) is 6.34. The molecule has 6 nitrogen and oxygen atoms in total. The molecule has 0 fully saturated rings. The zero-order valence-electron chi connectivity index (χ0n) is 17.4. The van der Waals surface area contributed by atoms with E-state index >= 15 is 0 Å². The normalized spacial score (nSPS) is 11.6. The van der Waals surface area contributed by atoms with E-state index in [2.05, 4.69) is 0 Å². The average molecular weight is 400 g/mol. The highest BCUT2D eigenvalue weighted by Crippen LogP contribution is 2.32. The summed E-state index contributed by atoms with van der Waals surface area (Å²) in [4.78, 5) is 12.8. The first-order valence-corrected chi connectivity index (χ1v) is 9.49. The van der Waals surface area contributed by atoms with Crippen LogP contribution < -0.4 is 9.47 Å². The molecular formula is C23H28O6. The monoisotopic (exact) mass is 400 g/mol. The first-order valence-electron chi connectivity index (χ1n) is 9.49. The molecule has 0 saturated carbocycles. The van der Waals surface area contributed by atoms with Crippen molar-refractivity contribution in [1.29, 1.82) is 0 Å². The molecule has 2 aromatic rings. The predicted octanol–water partition coefficient (Wildman–Crippen LogP) is 4.54. The molecule has 2 rings (SSSR count). The molecule has 0 heterocycles. The van der Waals surface area contributed by atoms with Crippen LogP contribution >= 0.6 is 0 Å². The Labute approximate surface area is 172 Å². The number of ether oxygens (including phenoxy) is 5. The second kappa shape index (κ2) is 11.9. The van der Waals surface area contributed by atoms with Crippen molar-refractivity contribution in [3.63, 3.8) is 0 Å². The molecule has 0 bridgehead atoms. The zero-order chi connectivity index (χ0) is 21.1. The number of rotatable bonds is 11. The van der Waals surface area contributed by atoms with E-state index in [0.29, 0.717) is 30.1 Å². The number of carbonyl (C=O) groups is 1. The molecule has 0 aliphatic rings. The van der Waals surface area contributed by atoms with Gasteiger partial charge < -0.3 is 23.7 Å². The Balaban J connectivity index is 2.44. The quantitative estimate of drug-likeness (QED) is 0.239. The minimum Gasteiger partial charge on any atom is -0.468 e. The van der Waals surface area contributed by atoms with Gasteiger partial charge in [-0.15, -0.1) is 0 Å². The van der Waals surface area contributed by atoms with Crippen LogP contribution in [0.2, 0.25) is 0 Å².